The fourth-order valence-electron chi connectivity index (χ4n) is 2.00. The van der Waals surface area contributed by atoms with Gasteiger partial charge in [0.1, 0.15) is 12.4 Å². The third-order valence-electron chi connectivity index (χ3n) is 3.23. The Morgan fingerprint density at radius 2 is 2.00 bits per heavy atom. The van der Waals surface area contributed by atoms with Gasteiger partial charge >= 0.3 is 0 Å². The van der Waals surface area contributed by atoms with Crippen LogP contribution in [0.1, 0.15) is 36.3 Å². The molecular weight excluding hydrogens is 238 g/mol. The molecule has 0 bridgehead atoms. The fourth-order valence-corrected chi connectivity index (χ4v) is 2.00. The van der Waals surface area contributed by atoms with E-state index in [0.29, 0.717) is 6.61 Å². The van der Waals surface area contributed by atoms with Crippen molar-refractivity contribution in [1.29, 1.82) is 0 Å². The SMILES string of the molecule is CC[C@H](N)c1ccc(OCc2cc(C)nn2C)cc1. The van der Waals surface area contributed by atoms with Gasteiger partial charge in [-0.1, -0.05) is 19.1 Å². The quantitative estimate of drug-likeness (QED) is 0.898. The Hall–Kier alpha value is -1.81. The summed E-state index contributed by atoms with van der Waals surface area (Å²) in [5.41, 5.74) is 9.19. The fraction of sp³-hybridized carbons (Fsp3) is 0.400. The van der Waals surface area contributed by atoms with Crippen LogP contribution in [-0.4, -0.2) is 9.78 Å². The lowest BCUT2D eigenvalue weighted by Gasteiger charge is -2.11. The molecule has 1 atom stereocenters. The molecule has 1 aromatic carbocycles. The Balaban J connectivity index is 1.98. The van der Waals surface area contributed by atoms with E-state index in [1.807, 2.05) is 49.0 Å². The molecule has 0 aliphatic rings. The zero-order chi connectivity index (χ0) is 13.8. The number of nitrogens with zero attached hydrogens (tertiary/aromatic N) is 2. The van der Waals surface area contributed by atoms with Gasteiger partial charge in [-0.3, -0.25) is 4.68 Å². The summed E-state index contributed by atoms with van der Waals surface area (Å²) in [5.74, 6) is 0.853. The summed E-state index contributed by atoms with van der Waals surface area (Å²) in [6, 6.07) is 10.1. The predicted molar refractivity (Wildman–Crippen MR) is 75.9 cm³/mol. The highest BCUT2D eigenvalue weighted by molar-refractivity contribution is 5.29. The molecule has 4 heteroatoms. The minimum Gasteiger partial charge on any atom is -0.487 e. The van der Waals surface area contributed by atoms with Crippen molar-refractivity contribution in [2.24, 2.45) is 12.8 Å². The van der Waals surface area contributed by atoms with E-state index < -0.39 is 0 Å². The lowest BCUT2D eigenvalue weighted by molar-refractivity contribution is 0.295. The van der Waals surface area contributed by atoms with Crippen molar-refractivity contribution in [3.8, 4) is 5.75 Å². The minimum absolute atomic E-state index is 0.105. The van der Waals surface area contributed by atoms with Crippen LogP contribution in [0, 0.1) is 6.92 Å². The Bertz CT molecular complexity index is 531. The van der Waals surface area contributed by atoms with Crippen LogP contribution in [0.5, 0.6) is 5.75 Å². The first kappa shape index (κ1) is 13.6. The van der Waals surface area contributed by atoms with Crippen LogP contribution in [0.15, 0.2) is 30.3 Å². The molecule has 2 aromatic rings. The molecule has 0 radical (unpaired) electrons. The van der Waals surface area contributed by atoms with Crippen molar-refractivity contribution in [3.05, 3.63) is 47.3 Å². The molecule has 0 spiro atoms. The van der Waals surface area contributed by atoms with Gasteiger partial charge in [0, 0.05) is 13.1 Å². The standard InChI is InChI=1S/C15H21N3O/c1-4-15(16)12-5-7-14(8-6-12)19-10-13-9-11(2)17-18(13)3/h5-9,15H,4,10,16H2,1-3H3/t15-/m0/s1. The molecule has 0 unspecified atom stereocenters. The van der Waals surface area contributed by atoms with E-state index >= 15 is 0 Å². The Labute approximate surface area is 114 Å². The molecule has 0 saturated carbocycles. The van der Waals surface area contributed by atoms with Crippen LogP contribution in [0.25, 0.3) is 0 Å². The molecule has 2 N–H and O–H groups in total. The van der Waals surface area contributed by atoms with Gasteiger partial charge in [-0.25, -0.2) is 0 Å². The largest absolute Gasteiger partial charge is 0.487 e. The number of aryl methyl sites for hydroxylation is 2. The molecule has 0 fully saturated rings. The van der Waals surface area contributed by atoms with Crippen molar-refractivity contribution < 1.29 is 4.74 Å². The van der Waals surface area contributed by atoms with Crippen LogP contribution >= 0.6 is 0 Å². The van der Waals surface area contributed by atoms with Gasteiger partial charge < -0.3 is 10.5 Å². The molecule has 0 amide bonds. The maximum Gasteiger partial charge on any atom is 0.130 e. The van der Waals surface area contributed by atoms with E-state index in [9.17, 15) is 0 Å². The second-order valence-electron chi connectivity index (χ2n) is 4.77. The first-order valence-corrected chi connectivity index (χ1v) is 6.58. The number of ether oxygens (including phenoxy) is 1. The number of hydrogen-bond donors (Lipinski definition) is 1. The molecule has 1 aromatic heterocycles. The minimum atomic E-state index is 0.105. The zero-order valence-corrected chi connectivity index (χ0v) is 11.8. The monoisotopic (exact) mass is 259 g/mol. The number of benzene rings is 1. The number of nitrogens with two attached hydrogens (primary N) is 1. The van der Waals surface area contributed by atoms with Crippen molar-refractivity contribution >= 4 is 0 Å². The molecule has 4 nitrogen and oxygen atoms in total. The van der Waals surface area contributed by atoms with Gasteiger partial charge in [-0.15, -0.1) is 0 Å². The number of hydrogen-bond acceptors (Lipinski definition) is 3. The zero-order valence-electron chi connectivity index (χ0n) is 11.8. The molecule has 1 heterocycles. The lowest BCUT2D eigenvalue weighted by atomic mass is 10.1. The second kappa shape index (κ2) is 5.89. The molecule has 102 valence electrons. The highest BCUT2D eigenvalue weighted by atomic mass is 16.5. The van der Waals surface area contributed by atoms with Crippen LogP contribution < -0.4 is 10.5 Å². The smallest absolute Gasteiger partial charge is 0.130 e. The molecule has 2 rings (SSSR count). The van der Waals surface area contributed by atoms with Crippen LogP contribution in [0.3, 0.4) is 0 Å². The molecule has 0 aliphatic heterocycles. The third-order valence-corrected chi connectivity index (χ3v) is 3.23. The van der Waals surface area contributed by atoms with Crippen LogP contribution in [0.4, 0.5) is 0 Å². The van der Waals surface area contributed by atoms with Crippen molar-refractivity contribution in [2.45, 2.75) is 32.9 Å². The summed E-state index contributed by atoms with van der Waals surface area (Å²) in [5, 5.41) is 4.29. The highest BCUT2D eigenvalue weighted by Gasteiger charge is 2.05. The van der Waals surface area contributed by atoms with Crippen molar-refractivity contribution in [3.63, 3.8) is 0 Å². The summed E-state index contributed by atoms with van der Waals surface area (Å²) in [4.78, 5) is 0. The van der Waals surface area contributed by atoms with Crippen molar-refractivity contribution in [2.75, 3.05) is 0 Å². The summed E-state index contributed by atoms with van der Waals surface area (Å²) in [6.45, 7) is 4.58. The predicted octanol–water partition coefficient (Wildman–Crippen LogP) is 2.72. The van der Waals surface area contributed by atoms with Gasteiger partial charge in [-0.2, -0.15) is 5.10 Å². The van der Waals surface area contributed by atoms with Gasteiger partial charge in [-0.05, 0) is 37.1 Å². The molecular formula is C15H21N3O. The Morgan fingerprint density at radius 1 is 1.32 bits per heavy atom. The van der Waals surface area contributed by atoms with Gasteiger partial charge in [0.05, 0.1) is 11.4 Å². The van der Waals surface area contributed by atoms with E-state index in [1.54, 1.807) is 0 Å². The normalized spacial score (nSPS) is 12.4. The van der Waals surface area contributed by atoms with Gasteiger partial charge in [0.2, 0.25) is 0 Å². The number of rotatable bonds is 5. The Morgan fingerprint density at radius 3 is 2.53 bits per heavy atom. The van der Waals surface area contributed by atoms with Crippen molar-refractivity contribution in [1.82, 2.24) is 9.78 Å². The average molecular weight is 259 g/mol. The van der Waals surface area contributed by atoms with E-state index in [-0.39, 0.29) is 6.04 Å². The first-order chi connectivity index (χ1) is 9.10. The summed E-state index contributed by atoms with van der Waals surface area (Å²) in [6.07, 6.45) is 0.939. The maximum atomic E-state index is 5.98. The summed E-state index contributed by atoms with van der Waals surface area (Å²) in [7, 11) is 1.93. The molecule has 0 saturated heterocycles. The van der Waals surface area contributed by atoms with Gasteiger partial charge in [0.25, 0.3) is 0 Å². The molecule has 19 heavy (non-hydrogen) atoms. The van der Waals surface area contributed by atoms with E-state index in [0.717, 1.165) is 29.1 Å². The average Bonchev–Trinajstić information content (AvgIpc) is 2.74. The molecule has 0 aliphatic carbocycles. The number of aromatic nitrogens is 2. The van der Waals surface area contributed by atoms with E-state index in [4.69, 9.17) is 10.5 Å². The van der Waals surface area contributed by atoms with Crippen LogP contribution in [0.2, 0.25) is 0 Å². The first-order valence-electron chi connectivity index (χ1n) is 6.58. The van der Waals surface area contributed by atoms with E-state index in [1.165, 1.54) is 0 Å². The Kier molecular flexibility index (Phi) is 4.22. The maximum absolute atomic E-state index is 5.98. The summed E-state index contributed by atoms with van der Waals surface area (Å²) < 4.78 is 7.60. The second-order valence-corrected chi connectivity index (χ2v) is 4.77. The summed E-state index contributed by atoms with van der Waals surface area (Å²) >= 11 is 0. The van der Waals surface area contributed by atoms with E-state index in [2.05, 4.69) is 12.0 Å². The highest BCUT2D eigenvalue weighted by Crippen LogP contribution is 2.19. The lowest BCUT2D eigenvalue weighted by Crippen LogP contribution is -2.08. The van der Waals surface area contributed by atoms with Crippen LogP contribution in [-0.2, 0) is 13.7 Å². The topological polar surface area (TPSA) is 53.1 Å². The third kappa shape index (κ3) is 3.35. The van der Waals surface area contributed by atoms with Gasteiger partial charge in [0.15, 0.2) is 0 Å².